The largest absolute Gasteiger partial charge is 0.338 e. The number of carbonyl (C=O) groups is 2. The Morgan fingerprint density at radius 2 is 2.07 bits per heavy atom. The van der Waals surface area contributed by atoms with Crippen molar-refractivity contribution in [3.05, 3.63) is 46.1 Å². The number of nitrogens with two attached hydrogens (primary N) is 1. The van der Waals surface area contributed by atoms with Crippen LogP contribution in [0.3, 0.4) is 0 Å². The second kappa shape index (κ2) is 10.1. The molecule has 164 valence electrons. The van der Waals surface area contributed by atoms with E-state index in [0.29, 0.717) is 35.8 Å². The van der Waals surface area contributed by atoms with Gasteiger partial charge in [-0.1, -0.05) is 6.92 Å². The van der Waals surface area contributed by atoms with Crippen LogP contribution in [0, 0.1) is 5.41 Å². The van der Waals surface area contributed by atoms with E-state index in [0.717, 1.165) is 37.7 Å². The van der Waals surface area contributed by atoms with E-state index in [9.17, 15) is 9.59 Å². The van der Waals surface area contributed by atoms with Gasteiger partial charge >= 0.3 is 0 Å². The molecule has 0 spiro atoms. The van der Waals surface area contributed by atoms with Gasteiger partial charge in [-0.25, -0.2) is 0 Å². The van der Waals surface area contributed by atoms with Crippen LogP contribution in [0.2, 0.25) is 0 Å². The van der Waals surface area contributed by atoms with E-state index >= 15 is 0 Å². The summed E-state index contributed by atoms with van der Waals surface area (Å²) in [5.74, 6) is -0.202. The van der Waals surface area contributed by atoms with Crippen molar-refractivity contribution in [2.75, 3.05) is 25.0 Å². The van der Waals surface area contributed by atoms with Crippen LogP contribution in [-0.4, -0.2) is 41.3 Å². The molecule has 2 aliphatic rings. The quantitative estimate of drug-likeness (QED) is 0.708. The van der Waals surface area contributed by atoms with Crippen molar-refractivity contribution in [2.45, 2.75) is 39.0 Å². The third-order valence-corrected chi connectivity index (χ3v) is 7.08. The predicted octanol–water partition coefficient (Wildman–Crippen LogP) is 3.93. The van der Waals surface area contributed by atoms with Gasteiger partial charge in [-0.3, -0.25) is 14.6 Å². The molecule has 6 nitrogen and oxygen atoms in total. The summed E-state index contributed by atoms with van der Waals surface area (Å²) in [7, 11) is 0. The number of carbonyl (C=O) groups excluding carboxylic acids is 2. The van der Waals surface area contributed by atoms with E-state index in [1.54, 1.807) is 29.7 Å². The van der Waals surface area contributed by atoms with Gasteiger partial charge in [0.2, 0.25) is 0 Å². The minimum absolute atomic E-state index is 0. The van der Waals surface area contributed by atoms with Gasteiger partial charge in [-0.2, -0.15) is 0 Å². The van der Waals surface area contributed by atoms with E-state index in [2.05, 4.69) is 17.2 Å². The molecule has 4 rings (SSSR count). The number of nitrogens with zero attached hydrogens (tertiary/aromatic N) is 2. The molecule has 1 saturated heterocycles. The first kappa shape index (κ1) is 24.6. The first-order valence-electron chi connectivity index (χ1n) is 9.86. The maximum atomic E-state index is 13.5. The number of halogens is 2. The molecule has 0 radical (unpaired) electrons. The summed E-state index contributed by atoms with van der Waals surface area (Å²) in [6.07, 6.45) is 8.18. The van der Waals surface area contributed by atoms with Gasteiger partial charge in [0.15, 0.2) is 0 Å². The van der Waals surface area contributed by atoms with Gasteiger partial charge in [-0.05, 0) is 61.8 Å². The number of amides is 2. The molecule has 9 heteroatoms. The highest BCUT2D eigenvalue weighted by Gasteiger charge is 2.37. The molecule has 1 unspecified atom stereocenters. The normalized spacial score (nSPS) is 20.0. The van der Waals surface area contributed by atoms with E-state index in [1.807, 2.05) is 4.90 Å². The molecule has 1 aliphatic carbocycles. The zero-order chi connectivity index (χ0) is 19.7. The average Bonchev–Trinajstić information content (AvgIpc) is 3.29. The third-order valence-electron chi connectivity index (χ3n) is 5.87. The monoisotopic (exact) mass is 470 g/mol. The van der Waals surface area contributed by atoms with Crippen LogP contribution in [-0.2, 0) is 12.8 Å². The van der Waals surface area contributed by atoms with Crippen molar-refractivity contribution in [3.63, 3.8) is 0 Å². The van der Waals surface area contributed by atoms with Gasteiger partial charge in [0.05, 0.1) is 11.1 Å². The number of likely N-dealkylation sites (tertiary alicyclic amines) is 1. The summed E-state index contributed by atoms with van der Waals surface area (Å²) in [5.41, 5.74) is 8.21. The van der Waals surface area contributed by atoms with Gasteiger partial charge < -0.3 is 16.0 Å². The maximum Gasteiger partial charge on any atom is 0.257 e. The Bertz CT molecular complexity index is 906. The van der Waals surface area contributed by atoms with E-state index in [4.69, 9.17) is 5.73 Å². The molecular formula is C21H28Cl2N4O2S. The highest BCUT2D eigenvalue weighted by atomic mass is 35.5. The fourth-order valence-electron chi connectivity index (χ4n) is 4.07. The fraction of sp³-hybridized carbons (Fsp3) is 0.476. The molecule has 1 aliphatic heterocycles. The van der Waals surface area contributed by atoms with Gasteiger partial charge in [0, 0.05) is 30.4 Å². The van der Waals surface area contributed by atoms with E-state index in [-0.39, 0.29) is 42.0 Å². The molecular weight excluding hydrogens is 443 g/mol. The molecule has 3 N–H and O–H groups in total. The summed E-state index contributed by atoms with van der Waals surface area (Å²) in [4.78, 5) is 33.3. The van der Waals surface area contributed by atoms with Crippen molar-refractivity contribution in [1.82, 2.24) is 9.88 Å². The van der Waals surface area contributed by atoms with Crippen LogP contribution < -0.4 is 11.1 Å². The summed E-state index contributed by atoms with van der Waals surface area (Å²) >= 11 is 1.55. The summed E-state index contributed by atoms with van der Waals surface area (Å²) < 4.78 is 0. The van der Waals surface area contributed by atoms with E-state index < -0.39 is 0 Å². The van der Waals surface area contributed by atoms with Crippen molar-refractivity contribution in [3.8, 4) is 0 Å². The average molecular weight is 471 g/mol. The lowest BCUT2D eigenvalue weighted by Gasteiger charge is -2.23. The lowest BCUT2D eigenvalue weighted by Crippen LogP contribution is -2.35. The van der Waals surface area contributed by atoms with Crippen LogP contribution in [0.1, 0.15) is 57.3 Å². The Balaban J connectivity index is 0.00000160. The minimum atomic E-state index is -0.228. The zero-order valence-corrected chi connectivity index (χ0v) is 19.4. The van der Waals surface area contributed by atoms with Crippen molar-refractivity contribution < 1.29 is 9.59 Å². The second-order valence-electron chi connectivity index (χ2n) is 8.10. The topological polar surface area (TPSA) is 88.3 Å². The summed E-state index contributed by atoms with van der Waals surface area (Å²) in [6, 6.07) is 3.46. The summed E-state index contributed by atoms with van der Waals surface area (Å²) in [5, 5.41) is 3.66. The minimum Gasteiger partial charge on any atom is -0.338 e. The number of hydrogen-bond acceptors (Lipinski definition) is 5. The highest BCUT2D eigenvalue weighted by Crippen LogP contribution is 2.40. The van der Waals surface area contributed by atoms with Gasteiger partial charge in [0.25, 0.3) is 11.8 Å². The highest BCUT2D eigenvalue weighted by molar-refractivity contribution is 7.17. The number of fused-ring (bicyclic) bond motifs is 1. The Morgan fingerprint density at radius 3 is 2.73 bits per heavy atom. The van der Waals surface area contributed by atoms with Gasteiger partial charge in [0.1, 0.15) is 5.00 Å². The number of rotatable bonds is 4. The molecule has 0 saturated carbocycles. The standard InChI is InChI=1S/C21H26N4O2S.2ClH/c1-21(12-22)8-10-25(13-21)20(27)17-15-6-2-3-7-16(15)28-19(17)24-18(26)14-5-4-9-23-11-14;;/h4-5,9,11H,2-3,6-8,10,12-13,22H2,1H3,(H,24,26);2*1H. The smallest absolute Gasteiger partial charge is 0.257 e. The maximum absolute atomic E-state index is 13.5. The lowest BCUT2D eigenvalue weighted by molar-refractivity contribution is 0.0777. The molecule has 0 bridgehead atoms. The van der Waals surface area contributed by atoms with Crippen LogP contribution in [0.4, 0.5) is 5.00 Å². The zero-order valence-electron chi connectivity index (χ0n) is 17.0. The van der Waals surface area contributed by atoms with Crippen LogP contribution in [0.25, 0.3) is 0 Å². The molecule has 2 amide bonds. The van der Waals surface area contributed by atoms with Crippen LogP contribution in [0.5, 0.6) is 0 Å². The SMILES string of the molecule is CC1(CN)CCN(C(=O)c2c(NC(=O)c3cccnc3)sc3c2CCCC3)C1.Cl.Cl. The van der Waals surface area contributed by atoms with Crippen molar-refractivity contribution in [1.29, 1.82) is 0 Å². The van der Waals surface area contributed by atoms with Crippen LogP contribution >= 0.6 is 36.2 Å². The Hall–Kier alpha value is -1.67. The first-order valence-corrected chi connectivity index (χ1v) is 10.7. The number of nitrogens with one attached hydrogen (secondary N) is 1. The molecule has 2 aromatic heterocycles. The lowest BCUT2D eigenvalue weighted by atomic mass is 9.90. The second-order valence-corrected chi connectivity index (χ2v) is 9.21. The number of thiophene rings is 1. The molecule has 30 heavy (non-hydrogen) atoms. The summed E-state index contributed by atoms with van der Waals surface area (Å²) in [6.45, 7) is 4.09. The fourth-order valence-corrected chi connectivity index (χ4v) is 5.35. The van der Waals surface area contributed by atoms with Crippen molar-refractivity contribution >= 4 is 53.0 Å². The van der Waals surface area contributed by atoms with Crippen molar-refractivity contribution in [2.24, 2.45) is 11.1 Å². The third kappa shape index (κ3) is 4.80. The number of aromatic nitrogens is 1. The van der Waals surface area contributed by atoms with Crippen LogP contribution in [0.15, 0.2) is 24.5 Å². The number of anilines is 1. The number of hydrogen-bond donors (Lipinski definition) is 2. The first-order chi connectivity index (χ1) is 13.5. The Labute approximate surface area is 193 Å². The molecule has 1 fully saturated rings. The van der Waals surface area contributed by atoms with E-state index in [1.165, 1.54) is 11.1 Å². The van der Waals surface area contributed by atoms with Gasteiger partial charge in [-0.15, -0.1) is 36.2 Å². The molecule has 2 aromatic rings. The predicted molar refractivity (Wildman–Crippen MR) is 125 cm³/mol. The Morgan fingerprint density at radius 1 is 1.30 bits per heavy atom. The number of aryl methyl sites for hydroxylation is 1. The molecule has 1 atom stereocenters. The number of pyridine rings is 1. The molecule has 3 heterocycles. The Kier molecular flexibility index (Phi) is 8.27. The molecule has 0 aromatic carbocycles.